The van der Waals surface area contributed by atoms with Gasteiger partial charge < -0.3 is 9.80 Å². The van der Waals surface area contributed by atoms with Gasteiger partial charge in [-0.15, -0.1) is 0 Å². The molecule has 0 bridgehead atoms. The Balaban J connectivity index is 2.62. The summed E-state index contributed by atoms with van der Waals surface area (Å²) in [5, 5.41) is 0. The van der Waals surface area contributed by atoms with E-state index >= 15 is 0 Å². The van der Waals surface area contributed by atoms with Crippen molar-refractivity contribution >= 4 is 0 Å². The Labute approximate surface area is 159 Å². The van der Waals surface area contributed by atoms with Crippen molar-refractivity contribution in [1.29, 1.82) is 0 Å². The van der Waals surface area contributed by atoms with Gasteiger partial charge in [0.05, 0.1) is 0 Å². The first-order valence-electron chi connectivity index (χ1n) is 10.8. The van der Waals surface area contributed by atoms with Crippen molar-refractivity contribution < 1.29 is 0 Å². The molecule has 1 aliphatic carbocycles. The maximum absolute atomic E-state index is 2.59. The van der Waals surface area contributed by atoms with Crippen LogP contribution in [0.4, 0.5) is 0 Å². The molecule has 0 saturated heterocycles. The largest absolute Gasteiger partial charge is 0.306 e. The lowest BCUT2D eigenvalue weighted by Crippen LogP contribution is -2.44. The molecule has 2 nitrogen and oxygen atoms in total. The van der Waals surface area contributed by atoms with Crippen molar-refractivity contribution in [2.24, 2.45) is 10.8 Å². The van der Waals surface area contributed by atoms with Gasteiger partial charge in [0.15, 0.2) is 0 Å². The second-order valence-electron chi connectivity index (χ2n) is 9.70. The zero-order valence-electron chi connectivity index (χ0n) is 18.5. The van der Waals surface area contributed by atoms with E-state index in [1.807, 2.05) is 0 Å². The van der Waals surface area contributed by atoms with Gasteiger partial charge in [0, 0.05) is 13.1 Å². The van der Waals surface area contributed by atoms with E-state index in [0.29, 0.717) is 10.8 Å². The summed E-state index contributed by atoms with van der Waals surface area (Å²) in [6.45, 7) is 16.9. The van der Waals surface area contributed by atoms with Crippen molar-refractivity contribution in [3.63, 3.8) is 0 Å². The van der Waals surface area contributed by atoms with E-state index in [0.717, 1.165) is 0 Å². The van der Waals surface area contributed by atoms with E-state index in [1.165, 1.54) is 77.5 Å². The van der Waals surface area contributed by atoms with Crippen molar-refractivity contribution in [2.75, 3.05) is 40.3 Å². The maximum Gasteiger partial charge on any atom is 0.00673 e. The second-order valence-corrected chi connectivity index (χ2v) is 9.70. The molecule has 0 aliphatic heterocycles. The van der Waals surface area contributed by atoms with E-state index in [1.54, 1.807) is 5.57 Å². The van der Waals surface area contributed by atoms with Crippen LogP contribution in [0.2, 0.25) is 0 Å². The Morgan fingerprint density at radius 1 is 0.880 bits per heavy atom. The first-order valence-corrected chi connectivity index (χ1v) is 10.8. The molecule has 2 heteroatoms. The van der Waals surface area contributed by atoms with E-state index in [9.17, 15) is 0 Å². The summed E-state index contributed by atoms with van der Waals surface area (Å²) in [7, 11) is 4.63. The van der Waals surface area contributed by atoms with Crippen LogP contribution in [0.15, 0.2) is 11.6 Å². The SMILES string of the molecule is CCCCCN(C)CC1(C)C=C(C)CC(C)(CN(C)CCCCC)C1. The van der Waals surface area contributed by atoms with Gasteiger partial charge in [-0.3, -0.25) is 0 Å². The minimum Gasteiger partial charge on any atom is -0.306 e. The molecule has 0 N–H and O–H groups in total. The zero-order chi connectivity index (χ0) is 18.9. The minimum atomic E-state index is 0.322. The number of hydrogen-bond donors (Lipinski definition) is 0. The fraction of sp³-hybridized carbons (Fsp3) is 0.913. The smallest absolute Gasteiger partial charge is 0.00673 e. The van der Waals surface area contributed by atoms with Crippen LogP contribution in [0.25, 0.3) is 0 Å². The van der Waals surface area contributed by atoms with E-state index in [2.05, 4.69) is 64.6 Å². The molecular formula is C23H46N2. The number of unbranched alkanes of at least 4 members (excludes halogenated alkanes) is 4. The Bertz CT molecular complexity index is 403. The molecule has 0 amide bonds. The number of nitrogens with zero attached hydrogens (tertiary/aromatic N) is 2. The standard InChI is InChI=1S/C23H46N2/c1-8-10-12-14-24(6)19-22(4)16-21(3)17-23(5,18-22)20-25(7)15-13-11-9-2/h16H,8-15,17-20H2,1-7H3. The highest BCUT2D eigenvalue weighted by Crippen LogP contribution is 2.45. The molecule has 25 heavy (non-hydrogen) atoms. The summed E-state index contributed by atoms with van der Waals surface area (Å²) < 4.78 is 0. The van der Waals surface area contributed by atoms with Crippen LogP contribution in [0.5, 0.6) is 0 Å². The fourth-order valence-corrected chi connectivity index (χ4v) is 5.31. The molecule has 148 valence electrons. The topological polar surface area (TPSA) is 6.48 Å². The molecule has 0 spiro atoms. The Morgan fingerprint density at radius 3 is 1.92 bits per heavy atom. The monoisotopic (exact) mass is 350 g/mol. The molecular weight excluding hydrogens is 304 g/mol. The average molecular weight is 351 g/mol. The van der Waals surface area contributed by atoms with Crippen LogP contribution in [0, 0.1) is 10.8 Å². The van der Waals surface area contributed by atoms with Crippen LogP contribution in [0.1, 0.15) is 86.0 Å². The van der Waals surface area contributed by atoms with Gasteiger partial charge >= 0.3 is 0 Å². The molecule has 0 saturated carbocycles. The summed E-state index contributed by atoms with van der Waals surface area (Å²) in [5.74, 6) is 0. The van der Waals surface area contributed by atoms with Crippen LogP contribution in [-0.4, -0.2) is 50.1 Å². The number of hydrogen-bond acceptors (Lipinski definition) is 2. The number of rotatable bonds is 12. The van der Waals surface area contributed by atoms with E-state index in [-0.39, 0.29) is 0 Å². The van der Waals surface area contributed by atoms with E-state index < -0.39 is 0 Å². The Morgan fingerprint density at radius 2 is 1.40 bits per heavy atom. The Kier molecular flexibility index (Phi) is 9.74. The summed E-state index contributed by atoms with van der Waals surface area (Å²) in [4.78, 5) is 5.15. The highest BCUT2D eigenvalue weighted by atomic mass is 15.1. The van der Waals surface area contributed by atoms with Gasteiger partial charge in [-0.2, -0.15) is 0 Å². The first kappa shape index (κ1) is 22.7. The van der Waals surface area contributed by atoms with E-state index in [4.69, 9.17) is 0 Å². The summed E-state index contributed by atoms with van der Waals surface area (Å²) in [6.07, 6.45) is 13.2. The van der Waals surface area contributed by atoms with Gasteiger partial charge in [-0.05, 0) is 70.6 Å². The summed E-state index contributed by atoms with van der Waals surface area (Å²) in [6, 6.07) is 0. The minimum absolute atomic E-state index is 0.322. The normalized spacial score (nSPS) is 27.2. The fourth-order valence-electron chi connectivity index (χ4n) is 5.31. The van der Waals surface area contributed by atoms with Crippen LogP contribution in [-0.2, 0) is 0 Å². The third kappa shape index (κ3) is 8.73. The summed E-state index contributed by atoms with van der Waals surface area (Å²) >= 11 is 0. The quantitative estimate of drug-likeness (QED) is 0.315. The molecule has 2 atom stereocenters. The molecule has 0 radical (unpaired) electrons. The molecule has 0 fully saturated rings. The number of allylic oxidation sites excluding steroid dienone is 1. The highest BCUT2D eigenvalue weighted by Gasteiger charge is 2.39. The first-order chi connectivity index (χ1) is 11.7. The Hall–Kier alpha value is -0.340. The van der Waals surface area contributed by atoms with Gasteiger partial charge in [0.2, 0.25) is 0 Å². The predicted octanol–water partition coefficient (Wildman–Crippen LogP) is 5.98. The molecule has 1 aliphatic rings. The lowest BCUT2D eigenvalue weighted by molar-refractivity contribution is 0.0976. The van der Waals surface area contributed by atoms with Crippen LogP contribution >= 0.6 is 0 Å². The van der Waals surface area contributed by atoms with Crippen molar-refractivity contribution in [1.82, 2.24) is 9.80 Å². The van der Waals surface area contributed by atoms with Crippen molar-refractivity contribution in [3.05, 3.63) is 11.6 Å². The van der Waals surface area contributed by atoms with Gasteiger partial charge in [-0.25, -0.2) is 0 Å². The molecule has 2 unspecified atom stereocenters. The molecule has 0 aromatic rings. The zero-order valence-corrected chi connectivity index (χ0v) is 18.5. The van der Waals surface area contributed by atoms with Crippen molar-refractivity contribution in [3.8, 4) is 0 Å². The van der Waals surface area contributed by atoms with Crippen molar-refractivity contribution in [2.45, 2.75) is 86.0 Å². The molecule has 0 heterocycles. The molecule has 0 aromatic carbocycles. The molecule has 0 aromatic heterocycles. The van der Waals surface area contributed by atoms with Gasteiger partial charge in [0.1, 0.15) is 0 Å². The lowest BCUT2D eigenvalue weighted by atomic mass is 9.64. The third-order valence-electron chi connectivity index (χ3n) is 5.70. The van der Waals surface area contributed by atoms with Crippen LogP contribution in [0.3, 0.4) is 0 Å². The maximum atomic E-state index is 2.59. The van der Waals surface area contributed by atoms with Gasteiger partial charge in [0.25, 0.3) is 0 Å². The van der Waals surface area contributed by atoms with Crippen LogP contribution < -0.4 is 0 Å². The highest BCUT2D eigenvalue weighted by molar-refractivity contribution is 5.16. The third-order valence-corrected chi connectivity index (χ3v) is 5.70. The van der Waals surface area contributed by atoms with Gasteiger partial charge in [-0.1, -0.05) is 65.0 Å². The predicted molar refractivity (Wildman–Crippen MR) is 113 cm³/mol. The lowest BCUT2D eigenvalue weighted by Gasteiger charge is -2.46. The average Bonchev–Trinajstić information content (AvgIpc) is 2.45. The summed E-state index contributed by atoms with van der Waals surface area (Å²) in [5.41, 5.74) is 2.33. The molecule has 1 rings (SSSR count). The second kappa shape index (κ2) is 10.7.